The summed E-state index contributed by atoms with van der Waals surface area (Å²) in [5.74, 6) is 0.655. The Hall–Kier alpha value is -2.84. The third-order valence-electron chi connectivity index (χ3n) is 4.97. The third-order valence-corrected chi connectivity index (χ3v) is 6.34. The van der Waals surface area contributed by atoms with Gasteiger partial charge >= 0.3 is 5.69 Å². The summed E-state index contributed by atoms with van der Waals surface area (Å²) < 4.78 is 8.91. The second kappa shape index (κ2) is 7.53. The zero-order chi connectivity index (χ0) is 20.7. The summed E-state index contributed by atoms with van der Waals surface area (Å²) in [5, 5.41) is 0. The van der Waals surface area contributed by atoms with Crippen molar-refractivity contribution in [3.05, 3.63) is 69.0 Å². The Morgan fingerprint density at radius 3 is 2.41 bits per heavy atom. The van der Waals surface area contributed by atoms with Gasteiger partial charge in [0.1, 0.15) is 10.1 Å². The number of nitrogens with zero attached hydrogens (tertiary/aromatic N) is 3. The van der Waals surface area contributed by atoms with E-state index in [0.717, 1.165) is 27.9 Å². The minimum atomic E-state index is -0.113. The maximum absolute atomic E-state index is 12.9. The molecule has 0 N–H and O–H groups in total. The molecule has 1 fully saturated rings. The molecule has 6 nitrogen and oxygen atoms in total. The van der Waals surface area contributed by atoms with Crippen molar-refractivity contribution in [2.75, 3.05) is 7.11 Å². The molecule has 148 valence electrons. The summed E-state index contributed by atoms with van der Waals surface area (Å²) in [4.78, 5) is 27.2. The Balaban J connectivity index is 1.60. The molecule has 0 atom stereocenters. The van der Waals surface area contributed by atoms with Crippen LogP contribution in [0.5, 0.6) is 5.75 Å². The average molecular weight is 426 g/mol. The molecular formula is C21H19N3O3S2. The van der Waals surface area contributed by atoms with Crippen LogP contribution < -0.4 is 10.4 Å². The van der Waals surface area contributed by atoms with Crippen molar-refractivity contribution in [2.24, 2.45) is 14.1 Å². The first kappa shape index (κ1) is 19.5. The highest BCUT2D eigenvalue weighted by atomic mass is 32.2. The molecule has 1 amide bonds. The lowest BCUT2D eigenvalue weighted by Gasteiger charge is -2.14. The smallest absolute Gasteiger partial charge is 0.328 e. The Kier molecular flexibility index (Phi) is 5.06. The maximum Gasteiger partial charge on any atom is 0.328 e. The molecule has 3 aromatic rings. The van der Waals surface area contributed by atoms with Gasteiger partial charge in [-0.2, -0.15) is 0 Å². The van der Waals surface area contributed by atoms with Gasteiger partial charge in [0.25, 0.3) is 5.91 Å². The summed E-state index contributed by atoms with van der Waals surface area (Å²) in [6.45, 7) is 0.415. The number of aromatic nitrogens is 2. The van der Waals surface area contributed by atoms with Crippen LogP contribution in [-0.4, -0.2) is 31.4 Å². The van der Waals surface area contributed by atoms with Crippen molar-refractivity contribution in [1.82, 2.24) is 14.0 Å². The van der Waals surface area contributed by atoms with E-state index in [2.05, 4.69) is 0 Å². The fourth-order valence-corrected chi connectivity index (χ4v) is 4.57. The average Bonchev–Trinajstić information content (AvgIpc) is 3.11. The zero-order valence-corrected chi connectivity index (χ0v) is 17.8. The molecule has 0 unspecified atom stereocenters. The molecule has 2 heterocycles. The number of fused-ring (bicyclic) bond motifs is 1. The fraction of sp³-hybridized carbons (Fsp3) is 0.190. The normalized spacial score (nSPS) is 15.7. The number of carbonyl (C=O) groups excluding carboxylic acids is 1. The van der Waals surface area contributed by atoms with Crippen LogP contribution in [0.25, 0.3) is 17.1 Å². The van der Waals surface area contributed by atoms with Crippen LogP contribution in [0.2, 0.25) is 0 Å². The van der Waals surface area contributed by atoms with Gasteiger partial charge in [0.15, 0.2) is 0 Å². The standard InChI is InChI=1S/C21H19N3O3S2/c1-22-16-9-6-14(10-17(16)23(2)20(22)26)11-18-19(25)24(21(28)29-18)12-13-4-7-15(27-3)8-5-13/h4-11H,12H2,1-3H3/b18-11-. The molecule has 0 saturated carbocycles. The highest BCUT2D eigenvalue weighted by Gasteiger charge is 2.32. The van der Waals surface area contributed by atoms with Crippen molar-refractivity contribution in [1.29, 1.82) is 0 Å². The molecule has 2 aromatic carbocycles. The van der Waals surface area contributed by atoms with Crippen molar-refractivity contribution < 1.29 is 9.53 Å². The maximum atomic E-state index is 12.9. The van der Waals surface area contributed by atoms with Crippen LogP contribution in [0, 0.1) is 0 Å². The third kappa shape index (κ3) is 3.49. The molecule has 29 heavy (non-hydrogen) atoms. The van der Waals surface area contributed by atoms with Gasteiger partial charge in [-0.1, -0.05) is 42.2 Å². The van der Waals surface area contributed by atoms with Crippen molar-refractivity contribution in [3.63, 3.8) is 0 Å². The van der Waals surface area contributed by atoms with Crippen LogP contribution in [0.4, 0.5) is 0 Å². The fourth-order valence-electron chi connectivity index (χ4n) is 3.31. The molecule has 1 aliphatic rings. The lowest BCUT2D eigenvalue weighted by atomic mass is 10.1. The summed E-state index contributed by atoms with van der Waals surface area (Å²) in [6.07, 6.45) is 1.82. The number of thiocarbonyl (C=S) groups is 1. The number of methoxy groups -OCH3 is 1. The first-order valence-electron chi connectivity index (χ1n) is 8.93. The first-order valence-corrected chi connectivity index (χ1v) is 10.2. The molecule has 0 radical (unpaired) electrons. The van der Waals surface area contributed by atoms with Gasteiger partial charge in [0.2, 0.25) is 0 Å². The van der Waals surface area contributed by atoms with Gasteiger partial charge in [0, 0.05) is 14.1 Å². The van der Waals surface area contributed by atoms with Crippen LogP contribution in [0.3, 0.4) is 0 Å². The number of thioether (sulfide) groups is 1. The summed E-state index contributed by atoms with van der Waals surface area (Å²) in [6, 6.07) is 13.3. The molecule has 0 aliphatic carbocycles. The van der Waals surface area contributed by atoms with E-state index >= 15 is 0 Å². The molecule has 4 rings (SSSR count). The Morgan fingerprint density at radius 2 is 1.72 bits per heavy atom. The molecule has 8 heteroatoms. The van der Waals surface area contributed by atoms with Crippen molar-refractivity contribution >= 4 is 51.3 Å². The molecule has 1 aliphatic heterocycles. The van der Waals surface area contributed by atoms with E-state index in [1.807, 2.05) is 48.5 Å². The minimum absolute atomic E-state index is 0.0806. The zero-order valence-electron chi connectivity index (χ0n) is 16.2. The summed E-state index contributed by atoms with van der Waals surface area (Å²) in [5.41, 5.74) is 3.41. The summed E-state index contributed by atoms with van der Waals surface area (Å²) in [7, 11) is 5.10. The van der Waals surface area contributed by atoms with E-state index in [0.29, 0.717) is 15.8 Å². The van der Waals surface area contributed by atoms with E-state index in [4.69, 9.17) is 17.0 Å². The largest absolute Gasteiger partial charge is 0.497 e. The second-order valence-corrected chi connectivity index (χ2v) is 8.44. The van der Waals surface area contributed by atoms with Gasteiger partial charge < -0.3 is 4.74 Å². The molecule has 1 aromatic heterocycles. The SMILES string of the molecule is COc1ccc(CN2C(=O)/C(=C/c3ccc4c(c3)n(C)c(=O)n4C)SC2=S)cc1. The van der Waals surface area contributed by atoms with Gasteiger partial charge in [-0.25, -0.2) is 4.79 Å². The van der Waals surface area contributed by atoms with Crippen LogP contribution in [-0.2, 0) is 25.4 Å². The van der Waals surface area contributed by atoms with Crippen LogP contribution in [0.1, 0.15) is 11.1 Å². The van der Waals surface area contributed by atoms with Gasteiger partial charge in [-0.05, 0) is 41.5 Å². The number of carbonyl (C=O) groups is 1. The van der Waals surface area contributed by atoms with E-state index in [1.54, 1.807) is 35.2 Å². The Labute approximate surface area is 177 Å². The first-order chi connectivity index (χ1) is 13.9. The van der Waals surface area contributed by atoms with Gasteiger partial charge in [-0.15, -0.1) is 0 Å². The number of hydrogen-bond donors (Lipinski definition) is 0. The monoisotopic (exact) mass is 425 g/mol. The quantitative estimate of drug-likeness (QED) is 0.474. The molecular weight excluding hydrogens is 406 g/mol. The number of hydrogen-bond acceptors (Lipinski definition) is 5. The lowest BCUT2D eigenvalue weighted by molar-refractivity contribution is -0.122. The molecule has 0 bridgehead atoms. The van der Waals surface area contributed by atoms with Crippen molar-refractivity contribution in [3.8, 4) is 5.75 Å². The number of imidazole rings is 1. The van der Waals surface area contributed by atoms with Crippen molar-refractivity contribution in [2.45, 2.75) is 6.54 Å². The van der Waals surface area contributed by atoms with Crippen LogP contribution in [0.15, 0.2) is 52.2 Å². The predicted molar refractivity (Wildman–Crippen MR) is 120 cm³/mol. The Morgan fingerprint density at radius 1 is 1.03 bits per heavy atom. The molecule has 0 spiro atoms. The minimum Gasteiger partial charge on any atom is -0.497 e. The highest BCUT2D eigenvalue weighted by molar-refractivity contribution is 8.26. The number of aryl methyl sites for hydroxylation is 2. The van der Waals surface area contributed by atoms with Crippen LogP contribution >= 0.6 is 24.0 Å². The number of amides is 1. The van der Waals surface area contributed by atoms with Gasteiger partial charge in [0.05, 0.1) is 29.6 Å². The number of benzene rings is 2. The topological polar surface area (TPSA) is 56.5 Å². The van der Waals surface area contributed by atoms with E-state index in [-0.39, 0.29) is 11.6 Å². The molecule has 1 saturated heterocycles. The van der Waals surface area contributed by atoms with E-state index in [1.165, 1.54) is 11.8 Å². The van der Waals surface area contributed by atoms with E-state index in [9.17, 15) is 9.59 Å². The summed E-state index contributed by atoms with van der Waals surface area (Å²) >= 11 is 6.72. The van der Waals surface area contributed by atoms with E-state index < -0.39 is 0 Å². The number of rotatable bonds is 4. The number of ether oxygens (including phenoxy) is 1. The van der Waals surface area contributed by atoms with Gasteiger partial charge in [-0.3, -0.25) is 18.8 Å². The second-order valence-electron chi connectivity index (χ2n) is 6.76. The Bertz CT molecular complexity index is 1220. The predicted octanol–water partition coefficient (Wildman–Crippen LogP) is 3.29. The highest BCUT2D eigenvalue weighted by Crippen LogP contribution is 2.34. The lowest BCUT2D eigenvalue weighted by Crippen LogP contribution is -2.27.